The molecule has 0 radical (unpaired) electrons. The second-order valence-electron chi connectivity index (χ2n) is 8.36. The van der Waals surface area contributed by atoms with Crippen molar-refractivity contribution < 1.29 is 27.1 Å². The number of carbonyl (C=O) groups is 1. The molecule has 1 saturated carbocycles. The zero-order chi connectivity index (χ0) is 24.3. The van der Waals surface area contributed by atoms with Crippen LogP contribution in [0, 0.1) is 18.7 Å². The van der Waals surface area contributed by atoms with Crippen LogP contribution in [0.25, 0.3) is 11.1 Å². The first-order chi connectivity index (χ1) is 16.2. The SMILES string of the molecule is Cc1nc(OCC2CC2)ccc1-c1cccc(OCc2ccc(C(=O)NS(C)(=O)=O)cc2F)c1. The minimum atomic E-state index is -3.74. The molecule has 178 valence electrons. The number of ether oxygens (including phenoxy) is 2. The molecule has 4 rings (SSSR count). The molecule has 2 aromatic carbocycles. The normalized spacial score (nSPS) is 13.4. The summed E-state index contributed by atoms with van der Waals surface area (Å²) >= 11 is 0. The number of amides is 1. The lowest BCUT2D eigenvalue weighted by Gasteiger charge is -2.12. The maximum Gasteiger partial charge on any atom is 0.264 e. The van der Waals surface area contributed by atoms with Crippen molar-refractivity contribution in [3.05, 3.63) is 77.2 Å². The molecular weight excluding hydrogens is 459 g/mol. The molecule has 1 heterocycles. The second-order valence-corrected chi connectivity index (χ2v) is 10.1. The van der Waals surface area contributed by atoms with E-state index >= 15 is 0 Å². The molecule has 1 aliphatic carbocycles. The number of rotatable bonds is 9. The molecule has 0 bridgehead atoms. The van der Waals surface area contributed by atoms with Gasteiger partial charge in [0.15, 0.2) is 0 Å². The maximum absolute atomic E-state index is 14.5. The number of nitrogens with one attached hydrogen (secondary N) is 1. The van der Waals surface area contributed by atoms with E-state index in [0.29, 0.717) is 24.2 Å². The van der Waals surface area contributed by atoms with E-state index in [-0.39, 0.29) is 17.7 Å². The lowest BCUT2D eigenvalue weighted by atomic mass is 10.0. The van der Waals surface area contributed by atoms with Crippen LogP contribution in [0.3, 0.4) is 0 Å². The molecule has 0 spiro atoms. The number of aryl methyl sites for hydroxylation is 1. The van der Waals surface area contributed by atoms with Gasteiger partial charge in [-0.15, -0.1) is 0 Å². The number of pyridine rings is 1. The zero-order valence-electron chi connectivity index (χ0n) is 18.9. The minimum absolute atomic E-state index is 0.0611. The minimum Gasteiger partial charge on any atom is -0.489 e. The van der Waals surface area contributed by atoms with Crippen molar-refractivity contribution in [2.45, 2.75) is 26.4 Å². The Labute approximate surface area is 198 Å². The molecule has 1 N–H and O–H groups in total. The third kappa shape index (κ3) is 6.32. The third-order valence-corrected chi connectivity index (χ3v) is 5.91. The monoisotopic (exact) mass is 484 g/mol. The van der Waals surface area contributed by atoms with E-state index in [1.807, 2.05) is 37.3 Å². The van der Waals surface area contributed by atoms with Crippen molar-refractivity contribution in [3.8, 4) is 22.8 Å². The van der Waals surface area contributed by atoms with E-state index in [2.05, 4.69) is 4.98 Å². The van der Waals surface area contributed by atoms with Crippen LogP contribution in [0.4, 0.5) is 4.39 Å². The van der Waals surface area contributed by atoms with Crippen LogP contribution in [0.15, 0.2) is 54.6 Å². The molecule has 34 heavy (non-hydrogen) atoms. The third-order valence-electron chi connectivity index (χ3n) is 5.36. The second kappa shape index (κ2) is 9.80. The number of hydrogen-bond donors (Lipinski definition) is 1. The summed E-state index contributed by atoms with van der Waals surface area (Å²) in [6.07, 6.45) is 3.29. The van der Waals surface area contributed by atoms with Gasteiger partial charge < -0.3 is 9.47 Å². The lowest BCUT2D eigenvalue weighted by Crippen LogP contribution is -2.29. The van der Waals surface area contributed by atoms with Crippen molar-refractivity contribution in [2.75, 3.05) is 12.9 Å². The fraction of sp³-hybridized carbons (Fsp3) is 0.280. The van der Waals surface area contributed by atoms with Crippen LogP contribution in [-0.4, -0.2) is 32.2 Å². The summed E-state index contributed by atoms with van der Waals surface area (Å²) < 4.78 is 50.2. The smallest absolute Gasteiger partial charge is 0.264 e. The number of sulfonamides is 1. The van der Waals surface area contributed by atoms with E-state index in [0.717, 1.165) is 29.1 Å². The van der Waals surface area contributed by atoms with Crippen LogP contribution in [-0.2, 0) is 16.6 Å². The molecule has 3 aromatic rings. The number of nitrogens with zero attached hydrogens (tertiary/aromatic N) is 1. The number of carbonyl (C=O) groups excluding carboxylic acids is 1. The summed E-state index contributed by atoms with van der Waals surface area (Å²) in [6, 6.07) is 14.9. The molecule has 0 unspecified atom stereocenters. The van der Waals surface area contributed by atoms with E-state index in [1.54, 1.807) is 10.8 Å². The van der Waals surface area contributed by atoms with Crippen LogP contribution in [0.5, 0.6) is 11.6 Å². The van der Waals surface area contributed by atoms with Gasteiger partial charge in [0.25, 0.3) is 5.91 Å². The highest BCUT2D eigenvalue weighted by molar-refractivity contribution is 7.89. The Hall–Kier alpha value is -3.46. The number of aromatic nitrogens is 1. The van der Waals surface area contributed by atoms with Gasteiger partial charge in [-0.3, -0.25) is 4.79 Å². The number of benzene rings is 2. The fourth-order valence-corrected chi connectivity index (χ4v) is 3.81. The van der Waals surface area contributed by atoms with Gasteiger partial charge in [-0.05, 0) is 61.6 Å². The van der Waals surface area contributed by atoms with Gasteiger partial charge in [0.05, 0.1) is 12.9 Å². The van der Waals surface area contributed by atoms with Crippen LogP contribution in [0.2, 0.25) is 0 Å². The largest absolute Gasteiger partial charge is 0.489 e. The molecule has 0 atom stereocenters. The standard InChI is InChI=1S/C25H25FN2O5S/c1-16-22(10-11-24(27-16)33-14-17-6-7-17)18-4-3-5-21(12-18)32-15-20-9-8-19(13-23(20)26)25(29)28-34(2,30)31/h3-5,8-13,17H,6-7,14-15H2,1-2H3,(H,28,29). The highest BCUT2D eigenvalue weighted by atomic mass is 32.2. The van der Waals surface area contributed by atoms with Crippen molar-refractivity contribution >= 4 is 15.9 Å². The summed E-state index contributed by atoms with van der Waals surface area (Å²) in [6.45, 7) is 2.56. The quantitative estimate of drug-likeness (QED) is 0.488. The van der Waals surface area contributed by atoms with Gasteiger partial charge in [0.2, 0.25) is 15.9 Å². The van der Waals surface area contributed by atoms with Gasteiger partial charge in [-0.2, -0.15) is 0 Å². The molecule has 9 heteroatoms. The first-order valence-electron chi connectivity index (χ1n) is 10.8. The molecule has 1 aromatic heterocycles. The fourth-order valence-electron chi connectivity index (χ4n) is 3.36. The Morgan fingerprint density at radius 2 is 1.91 bits per heavy atom. The van der Waals surface area contributed by atoms with Crippen LogP contribution >= 0.6 is 0 Å². The number of hydrogen-bond acceptors (Lipinski definition) is 6. The first kappa shape index (κ1) is 23.7. The maximum atomic E-state index is 14.5. The molecule has 1 aliphatic rings. The van der Waals surface area contributed by atoms with Gasteiger partial charge in [-0.1, -0.05) is 18.2 Å². The number of halogens is 1. The molecular formula is C25H25FN2O5S. The van der Waals surface area contributed by atoms with Gasteiger partial charge in [0, 0.05) is 28.5 Å². The topological polar surface area (TPSA) is 94.6 Å². The van der Waals surface area contributed by atoms with E-state index in [4.69, 9.17) is 9.47 Å². The van der Waals surface area contributed by atoms with E-state index in [9.17, 15) is 17.6 Å². The van der Waals surface area contributed by atoms with Crippen LogP contribution in [0.1, 0.15) is 34.5 Å². The molecule has 7 nitrogen and oxygen atoms in total. The lowest BCUT2D eigenvalue weighted by molar-refractivity contribution is 0.0981. The zero-order valence-corrected chi connectivity index (χ0v) is 19.7. The molecule has 1 amide bonds. The van der Waals surface area contributed by atoms with Crippen molar-refractivity contribution in [1.82, 2.24) is 9.71 Å². The summed E-state index contributed by atoms with van der Waals surface area (Å²) in [4.78, 5) is 16.4. The van der Waals surface area contributed by atoms with Crippen molar-refractivity contribution in [2.24, 2.45) is 5.92 Å². The van der Waals surface area contributed by atoms with Gasteiger partial charge in [-0.25, -0.2) is 22.5 Å². The summed E-state index contributed by atoms with van der Waals surface area (Å²) in [7, 11) is -3.74. The summed E-state index contributed by atoms with van der Waals surface area (Å²) in [5, 5.41) is 0. The van der Waals surface area contributed by atoms with Crippen LogP contribution < -0.4 is 14.2 Å². The Kier molecular flexibility index (Phi) is 6.83. The van der Waals surface area contributed by atoms with E-state index in [1.165, 1.54) is 25.0 Å². The highest BCUT2D eigenvalue weighted by Gasteiger charge is 2.22. The predicted molar refractivity (Wildman–Crippen MR) is 126 cm³/mol. The van der Waals surface area contributed by atoms with Gasteiger partial charge in [0.1, 0.15) is 18.2 Å². The Balaban J connectivity index is 1.42. The van der Waals surface area contributed by atoms with Crippen molar-refractivity contribution in [1.29, 1.82) is 0 Å². The Bertz CT molecular complexity index is 1320. The average Bonchev–Trinajstić information content (AvgIpc) is 3.60. The van der Waals surface area contributed by atoms with E-state index < -0.39 is 21.7 Å². The van der Waals surface area contributed by atoms with Gasteiger partial charge >= 0.3 is 0 Å². The average molecular weight is 485 g/mol. The molecule has 0 aliphatic heterocycles. The van der Waals surface area contributed by atoms with Crippen molar-refractivity contribution in [3.63, 3.8) is 0 Å². The Morgan fingerprint density at radius 3 is 2.59 bits per heavy atom. The molecule has 1 fully saturated rings. The predicted octanol–water partition coefficient (Wildman–Crippen LogP) is 4.25. The first-order valence-corrected chi connectivity index (χ1v) is 12.7. The summed E-state index contributed by atoms with van der Waals surface area (Å²) in [5.41, 5.74) is 2.82. The summed E-state index contributed by atoms with van der Waals surface area (Å²) in [5.74, 6) is 0.254. The molecule has 0 saturated heterocycles. The Morgan fingerprint density at radius 1 is 1.12 bits per heavy atom. The highest BCUT2D eigenvalue weighted by Crippen LogP contribution is 2.31.